The Balaban J connectivity index is 2.17. The molecule has 118 valence electrons. The predicted octanol–water partition coefficient (Wildman–Crippen LogP) is 2.33. The maximum atomic E-state index is 12.5. The number of ether oxygens (including phenoxy) is 1. The second-order valence-corrected chi connectivity index (χ2v) is 8.03. The minimum absolute atomic E-state index is 0.0722. The molecule has 5 nitrogen and oxygen atoms in total. The summed E-state index contributed by atoms with van der Waals surface area (Å²) in [5, 5.41) is 0.364. The molecule has 1 heterocycles. The molecule has 1 saturated heterocycles. The van der Waals surface area contributed by atoms with E-state index < -0.39 is 10.0 Å². The van der Waals surface area contributed by atoms with Crippen LogP contribution < -0.4 is 10.5 Å². The van der Waals surface area contributed by atoms with Gasteiger partial charge in [0.05, 0.1) is 15.6 Å². The van der Waals surface area contributed by atoms with E-state index in [1.807, 2.05) is 0 Å². The van der Waals surface area contributed by atoms with E-state index in [0.717, 1.165) is 12.8 Å². The maximum Gasteiger partial charge on any atom is 0.240 e. The van der Waals surface area contributed by atoms with Crippen molar-refractivity contribution in [3.63, 3.8) is 0 Å². The number of anilines is 1. The van der Waals surface area contributed by atoms with Crippen LogP contribution in [-0.2, 0) is 14.8 Å². The quantitative estimate of drug-likeness (QED) is 0.829. The largest absolute Gasteiger partial charge is 0.397 e. The molecule has 2 rings (SSSR count). The summed E-state index contributed by atoms with van der Waals surface area (Å²) in [6.45, 7) is 5.51. The van der Waals surface area contributed by atoms with Crippen molar-refractivity contribution in [1.82, 2.24) is 4.72 Å². The summed E-state index contributed by atoms with van der Waals surface area (Å²) in [4.78, 5) is 0.181. The van der Waals surface area contributed by atoms with Crippen LogP contribution in [0.25, 0.3) is 0 Å². The normalized spacial score (nSPS) is 18.6. The van der Waals surface area contributed by atoms with Crippen molar-refractivity contribution < 1.29 is 13.2 Å². The summed E-state index contributed by atoms with van der Waals surface area (Å²) < 4.78 is 32.9. The van der Waals surface area contributed by atoms with Crippen molar-refractivity contribution in [2.45, 2.75) is 31.6 Å². The molecule has 1 aromatic rings. The van der Waals surface area contributed by atoms with Crippen molar-refractivity contribution in [2.24, 2.45) is 5.41 Å². The Labute approximate surface area is 130 Å². The number of aryl methyl sites for hydroxylation is 1. The van der Waals surface area contributed by atoms with Crippen LogP contribution in [-0.4, -0.2) is 28.2 Å². The molecular formula is C14H21ClN2O3S. The van der Waals surface area contributed by atoms with Crippen LogP contribution in [0.5, 0.6) is 0 Å². The molecule has 0 aliphatic carbocycles. The molecule has 0 spiro atoms. The first-order valence-corrected chi connectivity index (χ1v) is 8.73. The zero-order chi connectivity index (χ0) is 15.7. The van der Waals surface area contributed by atoms with Gasteiger partial charge in [0, 0.05) is 19.8 Å². The lowest BCUT2D eigenvalue weighted by molar-refractivity contribution is 0.0264. The van der Waals surface area contributed by atoms with Crippen molar-refractivity contribution >= 4 is 27.3 Å². The van der Waals surface area contributed by atoms with E-state index in [9.17, 15) is 8.42 Å². The Hall–Kier alpha value is -0.820. The van der Waals surface area contributed by atoms with Gasteiger partial charge >= 0.3 is 0 Å². The number of halogens is 1. The average Bonchev–Trinajstić information content (AvgIpc) is 2.42. The van der Waals surface area contributed by atoms with Gasteiger partial charge in [-0.15, -0.1) is 0 Å². The topological polar surface area (TPSA) is 81.4 Å². The fourth-order valence-corrected chi connectivity index (χ4v) is 4.02. The van der Waals surface area contributed by atoms with Gasteiger partial charge in [0.15, 0.2) is 0 Å². The van der Waals surface area contributed by atoms with E-state index in [2.05, 4.69) is 11.6 Å². The molecule has 1 aromatic carbocycles. The maximum absolute atomic E-state index is 12.5. The Morgan fingerprint density at radius 1 is 1.38 bits per heavy atom. The van der Waals surface area contributed by atoms with Gasteiger partial charge < -0.3 is 10.5 Å². The number of nitrogens with one attached hydrogen (secondary N) is 1. The first-order valence-electron chi connectivity index (χ1n) is 6.87. The fraction of sp³-hybridized carbons (Fsp3) is 0.571. The molecule has 0 radical (unpaired) electrons. The first-order chi connectivity index (χ1) is 9.73. The third-order valence-electron chi connectivity index (χ3n) is 3.97. The van der Waals surface area contributed by atoms with Crippen molar-refractivity contribution in [3.8, 4) is 0 Å². The number of nitrogen functional groups attached to an aromatic ring is 1. The van der Waals surface area contributed by atoms with E-state index in [1.54, 1.807) is 13.0 Å². The molecule has 0 amide bonds. The van der Waals surface area contributed by atoms with Crippen LogP contribution in [0.4, 0.5) is 5.69 Å². The first kappa shape index (κ1) is 16.5. The molecule has 3 N–H and O–H groups in total. The van der Waals surface area contributed by atoms with Gasteiger partial charge in [0.25, 0.3) is 0 Å². The number of benzene rings is 1. The van der Waals surface area contributed by atoms with E-state index in [0.29, 0.717) is 30.3 Å². The minimum atomic E-state index is -3.60. The molecule has 0 aromatic heterocycles. The second kappa shape index (κ2) is 6.12. The Morgan fingerprint density at radius 3 is 2.62 bits per heavy atom. The molecule has 7 heteroatoms. The van der Waals surface area contributed by atoms with Crippen LogP contribution >= 0.6 is 11.6 Å². The molecule has 0 unspecified atom stereocenters. The molecule has 1 aliphatic heterocycles. The molecule has 21 heavy (non-hydrogen) atoms. The molecular weight excluding hydrogens is 312 g/mol. The van der Waals surface area contributed by atoms with Crippen LogP contribution in [0.2, 0.25) is 5.02 Å². The van der Waals surface area contributed by atoms with E-state index in [-0.39, 0.29) is 16.0 Å². The zero-order valence-electron chi connectivity index (χ0n) is 12.3. The smallest absolute Gasteiger partial charge is 0.240 e. The third kappa shape index (κ3) is 3.88. The number of nitrogens with two attached hydrogens (primary N) is 1. The number of sulfonamides is 1. The molecule has 1 aliphatic rings. The van der Waals surface area contributed by atoms with Gasteiger partial charge in [-0.2, -0.15) is 0 Å². The van der Waals surface area contributed by atoms with Gasteiger partial charge in [-0.3, -0.25) is 0 Å². The average molecular weight is 333 g/mol. The lowest BCUT2D eigenvalue weighted by Crippen LogP contribution is -2.39. The van der Waals surface area contributed by atoms with Crippen LogP contribution in [0, 0.1) is 12.3 Å². The highest BCUT2D eigenvalue weighted by molar-refractivity contribution is 7.89. The van der Waals surface area contributed by atoms with Crippen molar-refractivity contribution in [3.05, 3.63) is 22.7 Å². The highest BCUT2D eigenvalue weighted by Crippen LogP contribution is 2.30. The van der Waals surface area contributed by atoms with Crippen molar-refractivity contribution in [2.75, 3.05) is 25.5 Å². The monoisotopic (exact) mass is 332 g/mol. The van der Waals surface area contributed by atoms with Gasteiger partial charge in [0.2, 0.25) is 10.0 Å². The van der Waals surface area contributed by atoms with E-state index in [4.69, 9.17) is 22.1 Å². The Morgan fingerprint density at radius 2 is 2.00 bits per heavy atom. The molecule has 0 bridgehead atoms. The minimum Gasteiger partial charge on any atom is -0.397 e. The number of rotatable bonds is 4. The SMILES string of the molecule is Cc1cc(Cl)c(N)cc1S(=O)(=O)NCC1(C)CCOCC1. The van der Waals surface area contributed by atoms with Crippen LogP contribution in [0.1, 0.15) is 25.3 Å². The Bertz CT molecular complexity index is 625. The van der Waals surface area contributed by atoms with Crippen molar-refractivity contribution in [1.29, 1.82) is 0 Å². The fourth-order valence-electron chi connectivity index (χ4n) is 2.35. The predicted molar refractivity (Wildman–Crippen MR) is 83.9 cm³/mol. The summed E-state index contributed by atoms with van der Waals surface area (Å²) in [7, 11) is -3.60. The van der Waals surface area contributed by atoms with E-state index in [1.165, 1.54) is 6.07 Å². The van der Waals surface area contributed by atoms with E-state index >= 15 is 0 Å². The summed E-state index contributed by atoms with van der Waals surface area (Å²) in [6.07, 6.45) is 1.69. The van der Waals surface area contributed by atoms with Crippen LogP contribution in [0.3, 0.4) is 0 Å². The summed E-state index contributed by atoms with van der Waals surface area (Å²) in [6, 6.07) is 2.98. The lowest BCUT2D eigenvalue weighted by Gasteiger charge is -2.33. The van der Waals surface area contributed by atoms with Gasteiger partial charge in [-0.05, 0) is 42.9 Å². The molecule has 0 atom stereocenters. The highest BCUT2D eigenvalue weighted by Gasteiger charge is 2.29. The van der Waals surface area contributed by atoms with Gasteiger partial charge in [-0.1, -0.05) is 18.5 Å². The summed E-state index contributed by atoms with van der Waals surface area (Å²) in [5.41, 5.74) is 6.48. The summed E-state index contributed by atoms with van der Waals surface area (Å²) in [5.74, 6) is 0. The third-order valence-corrected chi connectivity index (χ3v) is 5.84. The summed E-state index contributed by atoms with van der Waals surface area (Å²) >= 11 is 5.90. The zero-order valence-corrected chi connectivity index (χ0v) is 13.9. The lowest BCUT2D eigenvalue weighted by atomic mass is 9.83. The number of hydrogen-bond acceptors (Lipinski definition) is 4. The van der Waals surface area contributed by atoms with Gasteiger partial charge in [-0.25, -0.2) is 13.1 Å². The molecule has 1 fully saturated rings. The van der Waals surface area contributed by atoms with Crippen LogP contribution in [0.15, 0.2) is 17.0 Å². The Kier molecular flexibility index (Phi) is 4.82. The molecule has 0 saturated carbocycles. The standard InChI is InChI=1S/C14H21ClN2O3S/c1-10-7-11(15)12(16)8-13(10)21(18,19)17-9-14(2)3-5-20-6-4-14/h7-8,17H,3-6,9,16H2,1-2H3. The van der Waals surface area contributed by atoms with Gasteiger partial charge in [0.1, 0.15) is 0 Å². The number of hydrogen-bond donors (Lipinski definition) is 2. The highest BCUT2D eigenvalue weighted by atomic mass is 35.5. The second-order valence-electron chi connectivity index (χ2n) is 5.89.